The van der Waals surface area contributed by atoms with E-state index >= 15 is 0 Å². The first-order valence-corrected chi connectivity index (χ1v) is 10.2. The van der Waals surface area contributed by atoms with Crippen LogP contribution in [0, 0.1) is 0 Å². The third-order valence-electron chi connectivity index (χ3n) is 4.22. The number of nitrogens with zero attached hydrogens (tertiary/aromatic N) is 3. The van der Waals surface area contributed by atoms with Gasteiger partial charge in [0.25, 0.3) is 0 Å². The fourth-order valence-electron chi connectivity index (χ4n) is 3.03. The fourth-order valence-corrected chi connectivity index (χ4v) is 4.06. The molecule has 0 aliphatic rings. The lowest BCUT2D eigenvalue weighted by Gasteiger charge is -2.14. The van der Waals surface area contributed by atoms with Gasteiger partial charge in [0.1, 0.15) is 5.03 Å². The molecule has 4 rings (SSSR count). The molecule has 0 atom stereocenters. The average Bonchev–Trinajstić information content (AvgIpc) is 2.69. The Hall–Kier alpha value is -2.63. The van der Waals surface area contributed by atoms with E-state index in [0.717, 1.165) is 38.4 Å². The molecule has 6 heteroatoms. The van der Waals surface area contributed by atoms with E-state index < -0.39 is 0 Å². The normalized spacial score (nSPS) is 11.3. The minimum Gasteiger partial charge on any atom is -0.381 e. The molecule has 0 aliphatic carbocycles. The molecule has 28 heavy (non-hydrogen) atoms. The van der Waals surface area contributed by atoms with Crippen molar-refractivity contribution in [1.29, 1.82) is 0 Å². The fraction of sp³-hybridized carbons (Fsp3) is 0.136. The summed E-state index contributed by atoms with van der Waals surface area (Å²) in [6, 6.07) is 17.8. The molecule has 0 fully saturated rings. The number of benzene rings is 2. The van der Waals surface area contributed by atoms with E-state index in [-0.39, 0.29) is 0 Å². The van der Waals surface area contributed by atoms with Crippen molar-refractivity contribution in [1.82, 2.24) is 15.0 Å². The van der Waals surface area contributed by atoms with E-state index in [1.807, 2.05) is 54.6 Å². The summed E-state index contributed by atoms with van der Waals surface area (Å²) >= 11 is 8.13. The minimum atomic E-state index is 0.344. The molecule has 0 saturated carbocycles. The van der Waals surface area contributed by atoms with Crippen LogP contribution in [-0.4, -0.2) is 20.2 Å². The van der Waals surface area contributed by atoms with E-state index in [1.54, 1.807) is 18.0 Å². The second-order valence-corrected chi connectivity index (χ2v) is 8.65. The molecule has 0 unspecified atom stereocenters. The van der Waals surface area contributed by atoms with Gasteiger partial charge in [0.2, 0.25) is 0 Å². The molecule has 0 bridgehead atoms. The Balaban J connectivity index is 1.98. The van der Waals surface area contributed by atoms with Crippen LogP contribution in [0.15, 0.2) is 65.8 Å². The molecular formula is C22H19ClN4S. The largest absolute Gasteiger partial charge is 0.381 e. The molecule has 140 valence electrons. The SMILES string of the molecule is CC(C)Sc1nc(-c2cc(Cl)c3ncccc3c2)c(-c2ccccc2)nc1N. The zero-order valence-electron chi connectivity index (χ0n) is 15.6. The van der Waals surface area contributed by atoms with Gasteiger partial charge in [-0.3, -0.25) is 4.98 Å². The van der Waals surface area contributed by atoms with Crippen molar-refractivity contribution in [3.63, 3.8) is 0 Å². The number of anilines is 1. The van der Waals surface area contributed by atoms with Crippen LogP contribution in [0.1, 0.15) is 13.8 Å². The summed E-state index contributed by atoms with van der Waals surface area (Å²) in [4.78, 5) is 14.0. The van der Waals surface area contributed by atoms with Crippen LogP contribution in [0.5, 0.6) is 0 Å². The van der Waals surface area contributed by atoms with Gasteiger partial charge < -0.3 is 5.73 Å². The van der Waals surface area contributed by atoms with Crippen LogP contribution in [0.4, 0.5) is 5.82 Å². The number of aromatic nitrogens is 3. The lowest BCUT2D eigenvalue weighted by Crippen LogP contribution is -2.03. The van der Waals surface area contributed by atoms with E-state index in [2.05, 4.69) is 18.8 Å². The first-order chi connectivity index (χ1) is 13.5. The summed E-state index contributed by atoms with van der Waals surface area (Å²) in [7, 11) is 0. The highest BCUT2D eigenvalue weighted by molar-refractivity contribution is 7.99. The molecule has 2 N–H and O–H groups in total. The van der Waals surface area contributed by atoms with E-state index in [1.165, 1.54) is 0 Å². The smallest absolute Gasteiger partial charge is 0.156 e. The van der Waals surface area contributed by atoms with Crippen molar-refractivity contribution < 1.29 is 0 Å². The number of thioether (sulfide) groups is 1. The van der Waals surface area contributed by atoms with Crippen molar-refractivity contribution in [3.05, 3.63) is 65.8 Å². The molecule has 0 saturated heterocycles. The molecule has 0 radical (unpaired) electrons. The number of hydrogen-bond donors (Lipinski definition) is 1. The second kappa shape index (κ2) is 7.78. The number of halogens is 1. The highest BCUT2D eigenvalue weighted by Gasteiger charge is 2.18. The van der Waals surface area contributed by atoms with E-state index in [0.29, 0.717) is 16.1 Å². The van der Waals surface area contributed by atoms with Crippen molar-refractivity contribution in [2.45, 2.75) is 24.1 Å². The Morgan fingerprint density at radius 2 is 1.68 bits per heavy atom. The number of nitrogen functional groups attached to an aromatic ring is 1. The monoisotopic (exact) mass is 406 g/mol. The first-order valence-electron chi connectivity index (χ1n) is 8.97. The summed E-state index contributed by atoms with van der Waals surface area (Å²) in [5.74, 6) is 0.440. The zero-order chi connectivity index (χ0) is 19.7. The van der Waals surface area contributed by atoms with Crippen molar-refractivity contribution in [2.24, 2.45) is 0 Å². The van der Waals surface area contributed by atoms with E-state index in [9.17, 15) is 0 Å². The van der Waals surface area contributed by atoms with Gasteiger partial charge in [-0.05, 0) is 18.2 Å². The van der Waals surface area contributed by atoms with Crippen molar-refractivity contribution >= 4 is 40.1 Å². The van der Waals surface area contributed by atoms with Crippen LogP contribution >= 0.6 is 23.4 Å². The summed E-state index contributed by atoms with van der Waals surface area (Å²) in [6.07, 6.45) is 1.74. The molecular weight excluding hydrogens is 388 g/mol. The molecule has 0 spiro atoms. The topological polar surface area (TPSA) is 64.7 Å². The maximum Gasteiger partial charge on any atom is 0.156 e. The summed E-state index contributed by atoms with van der Waals surface area (Å²) < 4.78 is 0. The summed E-state index contributed by atoms with van der Waals surface area (Å²) in [5, 5.41) is 2.62. The van der Waals surface area contributed by atoms with Crippen LogP contribution in [0.2, 0.25) is 5.02 Å². The predicted molar refractivity (Wildman–Crippen MR) is 119 cm³/mol. The Morgan fingerprint density at radius 3 is 2.43 bits per heavy atom. The molecule has 4 aromatic rings. The third-order valence-corrected chi connectivity index (χ3v) is 5.50. The van der Waals surface area contributed by atoms with Gasteiger partial charge in [0.05, 0.1) is 21.9 Å². The number of pyridine rings is 1. The van der Waals surface area contributed by atoms with Crippen LogP contribution in [-0.2, 0) is 0 Å². The van der Waals surface area contributed by atoms with Gasteiger partial charge >= 0.3 is 0 Å². The maximum absolute atomic E-state index is 6.53. The minimum absolute atomic E-state index is 0.344. The molecule has 0 amide bonds. The van der Waals surface area contributed by atoms with Gasteiger partial charge in [-0.1, -0.05) is 73.6 Å². The van der Waals surface area contributed by atoms with Crippen molar-refractivity contribution in [3.8, 4) is 22.5 Å². The summed E-state index contributed by atoms with van der Waals surface area (Å²) in [5.41, 5.74) is 10.4. The molecule has 2 heterocycles. The highest BCUT2D eigenvalue weighted by Crippen LogP contribution is 2.37. The number of nitrogens with two attached hydrogens (primary N) is 1. The maximum atomic E-state index is 6.53. The zero-order valence-corrected chi connectivity index (χ0v) is 17.1. The lowest BCUT2D eigenvalue weighted by atomic mass is 10.0. The third kappa shape index (κ3) is 3.68. The van der Waals surface area contributed by atoms with E-state index in [4.69, 9.17) is 27.3 Å². The lowest BCUT2D eigenvalue weighted by molar-refractivity contribution is 1.05. The highest BCUT2D eigenvalue weighted by atomic mass is 35.5. The van der Waals surface area contributed by atoms with Gasteiger partial charge in [-0.25, -0.2) is 9.97 Å². The predicted octanol–water partition coefficient (Wildman–Crippen LogP) is 6.09. The Bertz CT molecular complexity index is 1150. The quantitative estimate of drug-likeness (QED) is 0.415. The number of rotatable bonds is 4. The molecule has 0 aliphatic heterocycles. The van der Waals surface area contributed by atoms with Crippen LogP contribution in [0.3, 0.4) is 0 Å². The summed E-state index contributed by atoms with van der Waals surface area (Å²) in [6.45, 7) is 4.21. The number of hydrogen-bond acceptors (Lipinski definition) is 5. The Kier molecular flexibility index (Phi) is 5.20. The van der Waals surface area contributed by atoms with Crippen LogP contribution in [0.25, 0.3) is 33.4 Å². The number of fused-ring (bicyclic) bond motifs is 1. The standard InChI is InChI=1S/C22H19ClN4S/c1-13(2)28-22-21(24)26-19(14-7-4-3-5-8-14)20(27-22)16-11-15-9-6-10-25-18(15)17(23)12-16/h3-13H,1-2H3,(H2,24,26). The first kappa shape index (κ1) is 18.7. The van der Waals surface area contributed by atoms with Crippen molar-refractivity contribution in [2.75, 3.05) is 5.73 Å². The molecule has 2 aromatic carbocycles. The van der Waals surface area contributed by atoms with Gasteiger partial charge in [0, 0.05) is 28.0 Å². The Morgan fingerprint density at radius 1 is 0.929 bits per heavy atom. The van der Waals surface area contributed by atoms with Gasteiger partial charge in [0.15, 0.2) is 5.82 Å². The van der Waals surface area contributed by atoms with Gasteiger partial charge in [-0.2, -0.15) is 0 Å². The second-order valence-electron chi connectivity index (χ2n) is 6.68. The van der Waals surface area contributed by atoms with Gasteiger partial charge in [-0.15, -0.1) is 0 Å². The van der Waals surface area contributed by atoms with Crippen LogP contribution < -0.4 is 5.73 Å². The molecule has 2 aromatic heterocycles. The molecule has 4 nitrogen and oxygen atoms in total. The average molecular weight is 407 g/mol. The Labute approximate surface area is 173 Å².